The summed E-state index contributed by atoms with van der Waals surface area (Å²) in [6, 6.07) is 6.05. The summed E-state index contributed by atoms with van der Waals surface area (Å²) >= 11 is 0. The number of rotatable bonds is 3. The molecule has 1 amide bonds. The van der Waals surface area contributed by atoms with Gasteiger partial charge in [0.05, 0.1) is 0 Å². The maximum absolute atomic E-state index is 12.9. The number of ether oxygens (including phenoxy) is 1. The van der Waals surface area contributed by atoms with Gasteiger partial charge in [0.15, 0.2) is 5.69 Å². The Morgan fingerprint density at radius 3 is 2.76 bits per heavy atom. The van der Waals surface area contributed by atoms with E-state index in [2.05, 4.69) is 15.5 Å². The smallest absolute Gasteiger partial charge is 0.274 e. The van der Waals surface area contributed by atoms with Crippen molar-refractivity contribution < 1.29 is 13.9 Å². The number of carbonyl (C=O) groups excluding carboxylic acids is 1. The molecule has 1 aromatic carbocycles. The lowest BCUT2D eigenvalue weighted by atomic mass is 10.0. The van der Waals surface area contributed by atoms with Crippen LogP contribution in [0.25, 0.3) is 0 Å². The van der Waals surface area contributed by atoms with E-state index in [0.29, 0.717) is 31.1 Å². The molecule has 0 saturated carbocycles. The van der Waals surface area contributed by atoms with E-state index in [1.165, 1.54) is 12.1 Å². The van der Waals surface area contributed by atoms with Crippen LogP contribution in [0.4, 0.5) is 4.39 Å². The lowest BCUT2D eigenvalue weighted by Gasteiger charge is -2.32. The number of nitrogens with zero attached hydrogens (tertiary/aromatic N) is 2. The van der Waals surface area contributed by atoms with Gasteiger partial charge in [-0.15, -0.1) is 0 Å². The maximum atomic E-state index is 12.9. The van der Waals surface area contributed by atoms with Crippen molar-refractivity contribution in [3.63, 3.8) is 0 Å². The molecular formula is C18H21FN4O2. The molecule has 1 aromatic heterocycles. The standard InChI is InChI=1S/C18H21FN4O2/c19-12-1-3-13(4-2-12)25-14-6-9-23(10-7-14)18(24)17-15-11-20-8-5-16(15)21-22-17/h1-4,14,20H,5-11H2,(H,21,22). The van der Waals surface area contributed by atoms with E-state index in [-0.39, 0.29) is 17.8 Å². The quantitative estimate of drug-likeness (QED) is 0.892. The normalized spacial score (nSPS) is 18.0. The molecule has 2 aromatic rings. The lowest BCUT2D eigenvalue weighted by molar-refractivity contribution is 0.0588. The van der Waals surface area contributed by atoms with E-state index in [1.807, 2.05) is 4.90 Å². The second-order valence-electron chi connectivity index (χ2n) is 6.52. The number of fused-ring (bicyclic) bond motifs is 1. The Bertz CT molecular complexity index is 751. The van der Waals surface area contributed by atoms with Gasteiger partial charge in [-0.05, 0) is 24.3 Å². The first-order chi connectivity index (χ1) is 12.2. The summed E-state index contributed by atoms with van der Waals surface area (Å²) in [7, 11) is 0. The Morgan fingerprint density at radius 1 is 1.24 bits per heavy atom. The summed E-state index contributed by atoms with van der Waals surface area (Å²) in [5, 5.41) is 10.5. The summed E-state index contributed by atoms with van der Waals surface area (Å²) in [6.07, 6.45) is 2.44. The highest BCUT2D eigenvalue weighted by molar-refractivity contribution is 5.94. The number of piperidine rings is 1. The summed E-state index contributed by atoms with van der Waals surface area (Å²) in [5.74, 6) is 0.379. The third kappa shape index (κ3) is 3.37. The van der Waals surface area contributed by atoms with E-state index in [0.717, 1.165) is 37.1 Å². The van der Waals surface area contributed by atoms with Gasteiger partial charge in [-0.1, -0.05) is 0 Å². The molecule has 132 valence electrons. The van der Waals surface area contributed by atoms with Crippen LogP contribution in [0.2, 0.25) is 0 Å². The minimum absolute atomic E-state index is 0.0126. The van der Waals surface area contributed by atoms with E-state index >= 15 is 0 Å². The molecule has 0 atom stereocenters. The number of nitrogens with one attached hydrogen (secondary N) is 2. The number of halogens is 1. The number of hydrogen-bond donors (Lipinski definition) is 2. The van der Waals surface area contributed by atoms with Crippen molar-refractivity contribution in [1.82, 2.24) is 20.4 Å². The fourth-order valence-electron chi connectivity index (χ4n) is 3.43. The summed E-state index contributed by atoms with van der Waals surface area (Å²) < 4.78 is 18.8. The topological polar surface area (TPSA) is 70.2 Å². The number of hydrogen-bond acceptors (Lipinski definition) is 4. The van der Waals surface area contributed by atoms with Crippen LogP contribution in [0.1, 0.15) is 34.6 Å². The van der Waals surface area contributed by atoms with Gasteiger partial charge in [0.2, 0.25) is 0 Å². The van der Waals surface area contributed by atoms with Gasteiger partial charge in [0.1, 0.15) is 17.7 Å². The first kappa shape index (κ1) is 16.1. The Balaban J connectivity index is 1.36. The van der Waals surface area contributed by atoms with E-state index in [9.17, 15) is 9.18 Å². The number of H-pyrrole nitrogens is 1. The number of likely N-dealkylation sites (tertiary alicyclic amines) is 1. The van der Waals surface area contributed by atoms with E-state index < -0.39 is 0 Å². The minimum atomic E-state index is -0.274. The molecule has 4 rings (SSSR count). The highest BCUT2D eigenvalue weighted by atomic mass is 19.1. The van der Waals surface area contributed by atoms with Gasteiger partial charge in [-0.25, -0.2) is 4.39 Å². The minimum Gasteiger partial charge on any atom is -0.490 e. The lowest BCUT2D eigenvalue weighted by Crippen LogP contribution is -2.42. The Hall–Kier alpha value is -2.41. The maximum Gasteiger partial charge on any atom is 0.274 e. The number of benzene rings is 1. The fourth-order valence-corrected chi connectivity index (χ4v) is 3.43. The van der Waals surface area contributed by atoms with Crippen molar-refractivity contribution in [2.45, 2.75) is 31.9 Å². The average molecular weight is 344 g/mol. The van der Waals surface area contributed by atoms with Crippen LogP contribution in [0, 0.1) is 5.82 Å². The van der Waals surface area contributed by atoms with Gasteiger partial charge >= 0.3 is 0 Å². The van der Waals surface area contributed by atoms with Crippen LogP contribution < -0.4 is 10.1 Å². The second-order valence-corrected chi connectivity index (χ2v) is 6.52. The number of amides is 1. The third-order valence-corrected chi connectivity index (χ3v) is 4.85. The zero-order chi connectivity index (χ0) is 17.2. The van der Waals surface area contributed by atoms with Crippen molar-refractivity contribution in [1.29, 1.82) is 0 Å². The summed E-state index contributed by atoms with van der Waals surface area (Å²) in [6.45, 7) is 2.88. The predicted octanol–water partition coefficient (Wildman–Crippen LogP) is 1.88. The monoisotopic (exact) mass is 344 g/mol. The Morgan fingerprint density at radius 2 is 2.00 bits per heavy atom. The average Bonchev–Trinajstić information content (AvgIpc) is 3.08. The van der Waals surface area contributed by atoms with Crippen molar-refractivity contribution >= 4 is 5.91 Å². The molecule has 1 saturated heterocycles. The highest BCUT2D eigenvalue weighted by Crippen LogP contribution is 2.22. The van der Waals surface area contributed by atoms with Gasteiger partial charge in [0, 0.05) is 56.7 Å². The van der Waals surface area contributed by atoms with Crippen molar-refractivity contribution in [3.8, 4) is 5.75 Å². The molecule has 0 bridgehead atoms. The first-order valence-corrected chi connectivity index (χ1v) is 8.69. The second kappa shape index (κ2) is 6.84. The van der Waals surface area contributed by atoms with Crippen LogP contribution >= 0.6 is 0 Å². The Labute approximate surface area is 145 Å². The predicted molar refractivity (Wildman–Crippen MR) is 90.0 cm³/mol. The number of carbonyl (C=O) groups is 1. The molecule has 6 nitrogen and oxygen atoms in total. The fraction of sp³-hybridized carbons (Fsp3) is 0.444. The molecule has 0 aliphatic carbocycles. The van der Waals surface area contributed by atoms with Crippen molar-refractivity contribution in [2.24, 2.45) is 0 Å². The van der Waals surface area contributed by atoms with Crippen molar-refractivity contribution in [3.05, 3.63) is 47.0 Å². The Kier molecular flexibility index (Phi) is 4.40. The molecule has 1 fully saturated rings. The third-order valence-electron chi connectivity index (χ3n) is 4.85. The number of aromatic nitrogens is 2. The van der Waals surface area contributed by atoms with Crippen molar-refractivity contribution in [2.75, 3.05) is 19.6 Å². The largest absolute Gasteiger partial charge is 0.490 e. The number of aromatic amines is 1. The highest BCUT2D eigenvalue weighted by Gasteiger charge is 2.29. The van der Waals surface area contributed by atoms with E-state index in [1.54, 1.807) is 12.1 Å². The molecule has 25 heavy (non-hydrogen) atoms. The van der Waals surface area contributed by atoms with Crippen LogP contribution in [-0.4, -0.2) is 46.7 Å². The zero-order valence-electron chi connectivity index (χ0n) is 13.9. The van der Waals surface area contributed by atoms with Crippen LogP contribution in [-0.2, 0) is 13.0 Å². The molecule has 0 unspecified atom stereocenters. The molecule has 7 heteroatoms. The van der Waals surface area contributed by atoms with Crippen LogP contribution in [0.15, 0.2) is 24.3 Å². The summed E-state index contributed by atoms with van der Waals surface area (Å²) in [5.41, 5.74) is 2.61. The molecule has 3 heterocycles. The molecule has 0 spiro atoms. The summed E-state index contributed by atoms with van der Waals surface area (Å²) in [4.78, 5) is 14.6. The van der Waals surface area contributed by atoms with Gasteiger partial charge < -0.3 is 15.0 Å². The van der Waals surface area contributed by atoms with Crippen LogP contribution in [0.5, 0.6) is 5.75 Å². The molecular weight excluding hydrogens is 323 g/mol. The zero-order valence-corrected chi connectivity index (χ0v) is 13.9. The molecule has 2 aliphatic heterocycles. The van der Waals surface area contributed by atoms with Gasteiger partial charge in [-0.3, -0.25) is 9.89 Å². The SMILES string of the molecule is O=C(c1n[nH]c2c1CNCC2)N1CCC(Oc2ccc(F)cc2)CC1. The molecule has 2 N–H and O–H groups in total. The van der Waals surface area contributed by atoms with Gasteiger partial charge in [0.25, 0.3) is 5.91 Å². The van der Waals surface area contributed by atoms with Crippen LogP contribution in [0.3, 0.4) is 0 Å². The van der Waals surface area contributed by atoms with E-state index in [4.69, 9.17) is 4.74 Å². The first-order valence-electron chi connectivity index (χ1n) is 8.69. The molecule has 2 aliphatic rings. The molecule has 0 radical (unpaired) electrons. The van der Waals surface area contributed by atoms with Gasteiger partial charge in [-0.2, -0.15) is 5.10 Å².